The number of ether oxygens (including phenoxy) is 2. The van der Waals surface area contributed by atoms with Gasteiger partial charge < -0.3 is 24.9 Å². The molecule has 30 heavy (non-hydrogen) atoms. The van der Waals surface area contributed by atoms with Gasteiger partial charge in [-0.25, -0.2) is 4.79 Å². The molecule has 0 aliphatic carbocycles. The number of piperidine rings is 1. The van der Waals surface area contributed by atoms with Crippen molar-refractivity contribution in [2.24, 2.45) is 5.92 Å². The molecule has 2 aliphatic rings. The lowest BCUT2D eigenvalue weighted by atomic mass is 9.87. The first-order chi connectivity index (χ1) is 14.7. The van der Waals surface area contributed by atoms with E-state index in [0.717, 1.165) is 37.0 Å². The predicted octanol–water partition coefficient (Wildman–Crippen LogP) is 2.46. The monoisotopic (exact) mass is 409 g/mol. The third-order valence-electron chi connectivity index (χ3n) is 6.28. The van der Waals surface area contributed by atoms with Crippen molar-refractivity contribution in [1.29, 1.82) is 0 Å². The van der Waals surface area contributed by atoms with Crippen molar-refractivity contribution >= 4 is 11.0 Å². The van der Waals surface area contributed by atoms with Gasteiger partial charge in [-0.05, 0) is 62.5 Å². The number of benzene rings is 2. The van der Waals surface area contributed by atoms with Crippen LogP contribution < -0.4 is 20.5 Å². The van der Waals surface area contributed by atoms with Gasteiger partial charge in [-0.1, -0.05) is 24.3 Å². The number of aliphatic hydroxyl groups is 1. The van der Waals surface area contributed by atoms with Gasteiger partial charge in [0.1, 0.15) is 6.61 Å². The Morgan fingerprint density at radius 2 is 1.93 bits per heavy atom. The van der Waals surface area contributed by atoms with Gasteiger partial charge in [-0.2, -0.15) is 0 Å². The molecule has 4 unspecified atom stereocenters. The van der Waals surface area contributed by atoms with Gasteiger partial charge in [0.2, 0.25) is 0 Å². The van der Waals surface area contributed by atoms with Crippen molar-refractivity contribution in [2.75, 3.05) is 19.7 Å². The summed E-state index contributed by atoms with van der Waals surface area (Å²) in [6.45, 7) is 2.11. The molecule has 7 heteroatoms. The van der Waals surface area contributed by atoms with Gasteiger partial charge >= 0.3 is 5.69 Å². The zero-order valence-corrected chi connectivity index (χ0v) is 16.8. The number of hydrogen-bond donors (Lipinski definition) is 3. The first-order valence-corrected chi connectivity index (χ1v) is 10.7. The maximum Gasteiger partial charge on any atom is 0.326 e. The highest BCUT2D eigenvalue weighted by Gasteiger charge is 2.34. The van der Waals surface area contributed by atoms with E-state index >= 15 is 0 Å². The van der Waals surface area contributed by atoms with E-state index in [1.54, 1.807) is 0 Å². The number of nitrogens with zero attached hydrogens (tertiary/aromatic N) is 1. The summed E-state index contributed by atoms with van der Waals surface area (Å²) in [5, 5.41) is 14.6. The molecule has 0 spiro atoms. The van der Waals surface area contributed by atoms with Crippen LogP contribution in [0, 0.1) is 5.92 Å². The standard InChI is InChI=1S/C23H27N3O4/c27-19(22-14-29-20-9-3-4-10-21(20)30-22)12-18(15-6-5-11-24-13-15)26-17-8-2-1-7-16(17)25-23(26)28/h1-4,7-10,15,18-19,22,24,27H,5-6,11-14H2,(H,25,28). The van der Waals surface area contributed by atoms with Crippen LogP contribution >= 0.6 is 0 Å². The first-order valence-electron chi connectivity index (χ1n) is 10.7. The molecular formula is C23H27N3O4. The van der Waals surface area contributed by atoms with E-state index < -0.39 is 12.2 Å². The maximum atomic E-state index is 12.9. The average molecular weight is 409 g/mol. The van der Waals surface area contributed by atoms with E-state index in [-0.39, 0.29) is 24.3 Å². The minimum absolute atomic E-state index is 0.134. The molecule has 3 heterocycles. The molecule has 4 atom stereocenters. The van der Waals surface area contributed by atoms with E-state index in [9.17, 15) is 9.90 Å². The average Bonchev–Trinajstić information content (AvgIpc) is 3.13. The molecule has 5 rings (SSSR count). The van der Waals surface area contributed by atoms with Gasteiger partial charge in [-0.3, -0.25) is 4.57 Å². The molecule has 0 bridgehead atoms. The molecule has 1 fully saturated rings. The molecule has 2 aliphatic heterocycles. The summed E-state index contributed by atoms with van der Waals surface area (Å²) in [5.41, 5.74) is 1.55. The van der Waals surface area contributed by atoms with Gasteiger partial charge in [0.25, 0.3) is 0 Å². The minimum atomic E-state index is -0.758. The van der Waals surface area contributed by atoms with Crippen LogP contribution in [-0.2, 0) is 0 Å². The molecule has 2 aromatic carbocycles. The lowest BCUT2D eigenvalue weighted by Gasteiger charge is -2.35. The lowest BCUT2D eigenvalue weighted by Crippen LogP contribution is -2.44. The number of nitrogens with one attached hydrogen (secondary N) is 2. The second kappa shape index (κ2) is 8.16. The molecule has 3 aromatic rings. The number of hydrogen-bond acceptors (Lipinski definition) is 5. The number of rotatable bonds is 5. The van der Waals surface area contributed by atoms with E-state index in [2.05, 4.69) is 10.3 Å². The Labute approximate surface area is 174 Å². The second-order valence-electron chi connectivity index (χ2n) is 8.21. The smallest absolute Gasteiger partial charge is 0.326 e. The second-order valence-corrected chi connectivity index (χ2v) is 8.21. The van der Waals surface area contributed by atoms with Crippen LogP contribution in [0.5, 0.6) is 11.5 Å². The van der Waals surface area contributed by atoms with Crippen LogP contribution in [0.1, 0.15) is 25.3 Å². The van der Waals surface area contributed by atoms with Crippen molar-refractivity contribution in [3.8, 4) is 11.5 Å². The van der Waals surface area contributed by atoms with Crippen molar-refractivity contribution < 1.29 is 14.6 Å². The molecule has 0 amide bonds. The normalized spacial score (nSPS) is 23.2. The Morgan fingerprint density at radius 1 is 1.13 bits per heavy atom. The summed E-state index contributed by atoms with van der Waals surface area (Å²) >= 11 is 0. The summed E-state index contributed by atoms with van der Waals surface area (Å²) in [4.78, 5) is 15.9. The van der Waals surface area contributed by atoms with Crippen molar-refractivity contribution in [3.63, 3.8) is 0 Å². The summed E-state index contributed by atoms with van der Waals surface area (Å²) in [5.74, 6) is 1.59. The Kier molecular flexibility index (Phi) is 5.23. The Hall–Kier alpha value is -2.77. The third-order valence-corrected chi connectivity index (χ3v) is 6.28. The van der Waals surface area contributed by atoms with Crippen molar-refractivity contribution in [3.05, 3.63) is 59.0 Å². The van der Waals surface area contributed by atoms with Crippen LogP contribution in [0.15, 0.2) is 53.3 Å². The summed E-state index contributed by atoms with van der Waals surface area (Å²) in [7, 11) is 0. The zero-order chi connectivity index (χ0) is 20.5. The predicted molar refractivity (Wildman–Crippen MR) is 114 cm³/mol. The number of aliphatic hydroxyl groups excluding tert-OH is 1. The first kappa shape index (κ1) is 19.2. The number of H-pyrrole nitrogens is 1. The van der Waals surface area contributed by atoms with Crippen LogP contribution in [0.3, 0.4) is 0 Å². The molecule has 0 saturated carbocycles. The largest absolute Gasteiger partial charge is 0.486 e. The minimum Gasteiger partial charge on any atom is -0.486 e. The molecular weight excluding hydrogens is 382 g/mol. The van der Waals surface area contributed by atoms with Gasteiger partial charge in [0, 0.05) is 6.04 Å². The quantitative estimate of drug-likeness (QED) is 0.603. The van der Waals surface area contributed by atoms with Crippen LogP contribution in [0.2, 0.25) is 0 Å². The SMILES string of the molecule is O=c1[nH]c2ccccc2n1C(CC(O)C1COc2ccccc2O1)C1CCCNC1. The van der Waals surface area contributed by atoms with Crippen LogP contribution in [0.25, 0.3) is 11.0 Å². The van der Waals surface area contributed by atoms with Gasteiger partial charge in [-0.15, -0.1) is 0 Å². The van der Waals surface area contributed by atoms with Crippen LogP contribution in [-0.4, -0.2) is 46.6 Å². The van der Waals surface area contributed by atoms with Crippen LogP contribution in [0.4, 0.5) is 0 Å². The lowest BCUT2D eigenvalue weighted by molar-refractivity contribution is -0.0241. The number of aromatic nitrogens is 2. The third kappa shape index (κ3) is 3.59. The maximum absolute atomic E-state index is 12.9. The number of para-hydroxylation sites is 4. The van der Waals surface area contributed by atoms with Crippen molar-refractivity contribution in [1.82, 2.24) is 14.9 Å². The molecule has 158 valence electrons. The topological polar surface area (TPSA) is 88.5 Å². The fourth-order valence-electron chi connectivity index (χ4n) is 4.74. The van der Waals surface area contributed by atoms with Gasteiger partial charge in [0.05, 0.1) is 17.1 Å². The zero-order valence-electron chi connectivity index (χ0n) is 16.8. The van der Waals surface area contributed by atoms with E-state index in [1.807, 2.05) is 53.1 Å². The Morgan fingerprint density at radius 3 is 2.77 bits per heavy atom. The highest BCUT2D eigenvalue weighted by atomic mass is 16.6. The van der Waals surface area contributed by atoms with Crippen molar-refractivity contribution in [2.45, 2.75) is 37.5 Å². The Balaban J connectivity index is 1.44. The summed E-state index contributed by atoms with van der Waals surface area (Å²) < 4.78 is 13.7. The molecule has 7 nitrogen and oxygen atoms in total. The highest BCUT2D eigenvalue weighted by Crippen LogP contribution is 2.35. The molecule has 0 radical (unpaired) electrons. The number of fused-ring (bicyclic) bond motifs is 2. The summed E-state index contributed by atoms with van der Waals surface area (Å²) in [6.07, 6.45) is 1.27. The van der Waals surface area contributed by atoms with E-state index in [0.29, 0.717) is 17.9 Å². The summed E-state index contributed by atoms with van der Waals surface area (Å²) in [6, 6.07) is 15.1. The van der Waals surface area contributed by atoms with Gasteiger partial charge in [0.15, 0.2) is 17.6 Å². The molecule has 3 N–H and O–H groups in total. The highest BCUT2D eigenvalue weighted by molar-refractivity contribution is 5.75. The van der Waals surface area contributed by atoms with E-state index in [4.69, 9.17) is 9.47 Å². The molecule has 1 aromatic heterocycles. The number of aromatic amines is 1. The fourth-order valence-corrected chi connectivity index (χ4v) is 4.74. The Bertz CT molecular complexity index is 1070. The fraction of sp³-hybridized carbons (Fsp3) is 0.435. The molecule has 1 saturated heterocycles. The number of imidazole rings is 1. The van der Waals surface area contributed by atoms with E-state index in [1.165, 1.54) is 0 Å².